The lowest BCUT2D eigenvalue weighted by Gasteiger charge is -1.97. The molecule has 0 bridgehead atoms. The van der Waals surface area contributed by atoms with Crippen LogP contribution < -0.4 is 0 Å². The third-order valence-electron chi connectivity index (χ3n) is 1.92. The molecule has 0 atom stereocenters. The summed E-state index contributed by atoms with van der Waals surface area (Å²) in [6.45, 7) is 0. The maximum Gasteiger partial charge on any atom is 0.279 e. The highest BCUT2D eigenvalue weighted by Crippen LogP contribution is 2.11. The predicted molar refractivity (Wildman–Crippen MR) is 51.8 cm³/mol. The molecular weight excluding hydrogens is 178 g/mol. The third-order valence-corrected chi connectivity index (χ3v) is 1.92. The molecule has 1 aromatic heterocycles. The van der Waals surface area contributed by atoms with Crippen LogP contribution in [0.1, 0.15) is 10.5 Å². The SMILES string of the molecule is O=[C]C(=O)c1ccc2ccccc2n1. The first kappa shape index (κ1) is 8.56. The Morgan fingerprint density at radius 3 is 2.71 bits per heavy atom. The zero-order valence-electron chi connectivity index (χ0n) is 7.23. The molecular formula is C11H6NO2. The van der Waals surface area contributed by atoms with Gasteiger partial charge in [0.25, 0.3) is 12.1 Å². The predicted octanol–water partition coefficient (Wildman–Crippen LogP) is 1.53. The Kier molecular flexibility index (Phi) is 2.07. The van der Waals surface area contributed by atoms with Crippen molar-refractivity contribution in [2.45, 2.75) is 0 Å². The summed E-state index contributed by atoms with van der Waals surface area (Å²) in [4.78, 5) is 25.1. The molecule has 67 valence electrons. The maximum atomic E-state index is 11.0. The Labute approximate surface area is 80.4 Å². The summed E-state index contributed by atoms with van der Waals surface area (Å²) in [5, 5.41) is 0.940. The Morgan fingerprint density at radius 2 is 1.93 bits per heavy atom. The molecule has 0 saturated heterocycles. The minimum Gasteiger partial charge on any atom is -0.283 e. The van der Waals surface area contributed by atoms with Gasteiger partial charge in [0.1, 0.15) is 5.69 Å². The Bertz CT molecular complexity index is 505. The van der Waals surface area contributed by atoms with Gasteiger partial charge in [0.15, 0.2) is 0 Å². The summed E-state index contributed by atoms with van der Waals surface area (Å²) >= 11 is 0. The van der Waals surface area contributed by atoms with Crippen LogP contribution in [0.5, 0.6) is 0 Å². The van der Waals surface area contributed by atoms with Crippen LogP contribution in [0.25, 0.3) is 10.9 Å². The molecule has 3 nitrogen and oxygen atoms in total. The second-order valence-electron chi connectivity index (χ2n) is 2.82. The standard InChI is InChI=1S/C11H6NO2/c13-7-11(14)10-6-5-8-3-1-2-4-9(8)12-10/h1-6H. The number of hydrogen-bond donors (Lipinski definition) is 0. The molecule has 1 aromatic carbocycles. The molecule has 0 aliphatic rings. The normalized spacial score (nSPS) is 10.0. The topological polar surface area (TPSA) is 47.0 Å². The molecule has 1 heterocycles. The molecule has 1 radical (unpaired) electrons. The smallest absolute Gasteiger partial charge is 0.279 e. The highest BCUT2D eigenvalue weighted by molar-refractivity contribution is 6.33. The van der Waals surface area contributed by atoms with Gasteiger partial charge in [0.2, 0.25) is 0 Å². The number of ketones is 1. The van der Waals surface area contributed by atoms with E-state index in [0.29, 0.717) is 5.52 Å². The number of carbonyl (C=O) groups excluding carboxylic acids is 2. The second-order valence-corrected chi connectivity index (χ2v) is 2.82. The van der Waals surface area contributed by atoms with Gasteiger partial charge in [-0.15, -0.1) is 0 Å². The molecule has 0 unspecified atom stereocenters. The summed E-state index contributed by atoms with van der Waals surface area (Å²) in [7, 11) is 0. The second kappa shape index (κ2) is 3.38. The Balaban J connectivity index is 2.62. The van der Waals surface area contributed by atoms with Crippen LogP contribution >= 0.6 is 0 Å². The van der Waals surface area contributed by atoms with E-state index in [2.05, 4.69) is 4.98 Å². The first-order chi connectivity index (χ1) is 6.81. The van der Waals surface area contributed by atoms with Crippen LogP contribution in [0.15, 0.2) is 36.4 Å². The van der Waals surface area contributed by atoms with E-state index >= 15 is 0 Å². The number of para-hydroxylation sites is 1. The molecule has 14 heavy (non-hydrogen) atoms. The number of benzene rings is 1. The summed E-state index contributed by atoms with van der Waals surface area (Å²) < 4.78 is 0. The third kappa shape index (κ3) is 1.40. The van der Waals surface area contributed by atoms with Crippen molar-refractivity contribution in [3.63, 3.8) is 0 Å². The van der Waals surface area contributed by atoms with Crippen LogP contribution in [0.4, 0.5) is 0 Å². The van der Waals surface area contributed by atoms with E-state index in [-0.39, 0.29) is 5.69 Å². The zero-order chi connectivity index (χ0) is 9.97. The number of pyridine rings is 1. The van der Waals surface area contributed by atoms with E-state index in [1.165, 1.54) is 12.4 Å². The largest absolute Gasteiger partial charge is 0.283 e. The van der Waals surface area contributed by atoms with E-state index in [1.54, 1.807) is 12.1 Å². The fourth-order valence-corrected chi connectivity index (χ4v) is 1.24. The van der Waals surface area contributed by atoms with Crippen molar-refractivity contribution < 1.29 is 9.59 Å². The molecule has 0 N–H and O–H groups in total. The molecule has 0 aliphatic heterocycles. The van der Waals surface area contributed by atoms with Gasteiger partial charge in [0.05, 0.1) is 5.52 Å². The average molecular weight is 184 g/mol. The minimum atomic E-state index is -0.712. The summed E-state index contributed by atoms with van der Waals surface area (Å²) in [6.07, 6.45) is 1.29. The number of carbonyl (C=O) groups is 1. The van der Waals surface area contributed by atoms with Gasteiger partial charge in [0, 0.05) is 5.39 Å². The van der Waals surface area contributed by atoms with Crippen molar-refractivity contribution in [2.75, 3.05) is 0 Å². The fraction of sp³-hybridized carbons (Fsp3) is 0. The van der Waals surface area contributed by atoms with E-state index < -0.39 is 5.78 Å². The van der Waals surface area contributed by atoms with Crippen LogP contribution in [0.3, 0.4) is 0 Å². The summed E-state index contributed by atoms with van der Waals surface area (Å²) in [6, 6.07) is 10.7. The van der Waals surface area contributed by atoms with Gasteiger partial charge >= 0.3 is 0 Å². The van der Waals surface area contributed by atoms with Crippen molar-refractivity contribution >= 4 is 23.0 Å². The van der Waals surface area contributed by atoms with Crippen molar-refractivity contribution in [1.29, 1.82) is 0 Å². The molecule has 0 fully saturated rings. The number of fused-ring (bicyclic) bond motifs is 1. The minimum absolute atomic E-state index is 0.138. The van der Waals surface area contributed by atoms with Crippen LogP contribution in [0.2, 0.25) is 0 Å². The highest BCUT2D eigenvalue weighted by Gasteiger charge is 2.06. The van der Waals surface area contributed by atoms with Gasteiger partial charge in [-0.1, -0.05) is 24.3 Å². The van der Waals surface area contributed by atoms with E-state index in [1.807, 2.05) is 18.2 Å². The lowest BCUT2D eigenvalue weighted by molar-refractivity contribution is 0.105. The monoisotopic (exact) mass is 184 g/mol. The fourth-order valence-electron chi connectivity index (χ4n) is 1.24. The van der Waals surface area contributed by atoms with Crippen molar-refractivity contribution in [2.24, 2.45) is 0 Å². The highest BCUT2D eigenvalue weighted by atomic mass is 16.2. The molecule has 3 heteroatoms. The number of aromatic nitrogens is 1. The molecule has 0 saturated carbocycles. The van der Waals surface area contributed by atoms with Gasteiger partial charge < -0.3 is 0 Å². The molecule has 0 aliphatic carbocycles. The Morgan fingerprint density at radius 1 is 1.14 bits per heavy atom. The summed E-state index contributed by atoms with van der Waals surface area (Å²) in [5.41, 5.74) is 0.840. The first-order valence-corrected chi connectivity index (χ1v) is 4.09. The number of Topliss-reactive ketones (excluding diaryl/α,β-unsaturated/α-hetero) is 1. The van der Waals surface area contributed by atoms with Gasteiger partial charge in [-0.3, -0.25) is 9.59 Å². The quantitative estimate of drug-likeness (QED) is 0.525. The number of nitrogens with zero attached hydrogens (tertiary/aromatic N) is 1. The van der Waals surface area contributed by atoms with Crippen molar-refractivity contribution in [3.05, 3.63) is 42.1 Å². The zero-order valence-corrected chi connectivity index (χ0v) is 7.23. The van der Waals surface area contributed by atoms with Crippen LogP contribution in [-0.2, 0) is 4.79 Å². The Hall–Kier alpha value is -2.03. The van der Waals surface area contributed by atoms with E-state index in [0.717, 1.165) is 5.39 Å². The average Bonchev–Trinajstić information content (AvgIpc) is 2.27. The number of hydrogen-bond acceptors (Lipinski definition) is 3. The molecule has 0 amide bonds. The van der Waals surface area contributed by atoms with E-state index in [9.17, 15) is 9.59 Å². The molecule has 2 aromatic rings. The summed E-state index contributed by atoms with van der Waals surface area (Å²) in [5.74, 6) is -0.712. The lowest BCUT2D eigenvalue weighted by Crippen LogP contribution is -2.02. The molecule has 0 spiro atoms. The van der Waals surface area contributed by atoms with Crippen LogP contribution in [-0.4, -0.2) is 17.1 Å². The van der Waals surface area contributed by atoms with Crippen LogP contribution in [0, 0.1) is 0 Å². The van der Waals surface area contributed by atoms with Gasteiger partial charge in [-0.05, 0) is 12.1 Å². The first-order valence-electron chi connectivity index (χ1n) is 4.09. The maximum absolute atomic E-state index is 11.0. The van der Waals surface area contributed by atoms with E-state index in [4.69, 9.17) is 0 Å². The van der Waals surface area contributed by atoms with Gasteiger partial charge in [-0.2, -0.15) is 0 Å². The lowest BCUT2D eigenvalue weighted by atomic mass is 10.2. The molecule has 2 rings (SSSR count). The number of rotatable bonds is 2. The van der Waals surface area contributed by atoms with Crippen molar-refractivity contribution in [3.8, 4) is 0 Å². The van der Waals surface area contributed by atoms with Gasteiger partial charge in [-0.25, -0.2) is 4.98 Å². The van der Waals surface area contributed by atoms with Crippen molar-refractivity contribution in [1.82, 2.24) is 4.98 Å².